The second-order valence-corrected chi connectivity index (χ2v) is 9.86. The Morgan fingerprint density at radius 2 is 1.97 bits per heavy atom. The van der Waals surface area contributed by atoms with E-state index in [1.807, 2.05) is 13.8 Å². The average molecular weight is 433 g/mol. The lowest BCUT2D eigenvalue weighted by atomic mass is 10.2. The van der Waals surface area contributed by atoms with Gasteiger partial charge in [-0.15, -0.1) is 11.3 Å². The fourth-order valence-corrected chi connectivity index (χ4v) is 6.13. The molecule has 29 heavy (non-hydrogen) atoms. The topological polar surface area (TPSA) is 105 Å². The molecule has 0 bridgehead atoms. The Bertz CT molecular complexity index is 1300. The van der Waals surface area contributed by atoms with Crippen molar-refractivity contribution in [1.82, 2.24) is 13.9 Å². The summed E-state index contributed by atoms with van der Waals surface area (Å²) in [5.41, 5.74) is 1.27. The third-order valence-electron chi connectivity index (χ3n) is 5.11. The lowest BCUT2D eigenvalue weighted by Gasteiger charge is -2.27. The van der Waals surface area contributed by atoms with Crippen LogP contribution in [0.3, 0.4) is 0 Å². The molecule has 0 atom stereocenters. The monoisotopic (exact) mass is 432 g/mol. The Kier molecular flexibility index (Phi) is 4.43. The van der Waals surface area contributed by atoms with E-state index >= 15 is 0 Å². The maximum absolute atomic E-state index is 13.2. The van der Waals surface area contributed by atoms with Crippen LogP contribution in [0.1, 0.15) is 23.2 Å². The normalized spacial score (nSPS) is 15.7. The second kappa shape index (κ2) is 6.60. The van der Waals surface area contributed by atoms with Crippen molar-refractivity contribution < 1.29 is 18.3 Å². The number of benzene rings is 1. The minimum Gasteiger partial charge on any atom is -0.504 e. The minimum absolute atomic E-state index is 0.00878. The van der Waals surface area contributed by atoms with Gasteiger partial charge in [-0.05, 0) is 19.4 Å². The number of nitrogens with one attached hydrogen (secondary N) is 1. The number of likely N-dealkylation sites (N-methyl/N-ethyl adjacent to an activating group) is 1. The van der Waals surface area contributed by atoms with Crippen molar-refractivity contribution in [3.8, 4) is 0 Å². The van der Waals surface area contributed by atoms with Crippen molar-refractivity contribution >= 4 is 49.1 Å². The van der Waals surface area contributed by atoms with Crippen LogP contribution in [-0.2, 0) is 28.3 Å². The Morgan fingerprint density at radius 1 is 1.28 bits per heavy atom. The molecule has 0 saturated heterocycles. The number of carbonyl (C=O) groups is 1. The summed E-state index contributed by atoms with van der Waals surface area (Å²) in [6.45, 7) is 3.87. The number of thiazole rings is 1. The van der Waals surface area contributed by atoms with E-state index in [0.29, 0.717) is 16.0 Å². The van der Waals surface area contributed by atoms with Crippen molar-refractivity contribution in [3.63, 3.8) is 0 Å². The first-order valence-electron chi connectivity index (χ1n) is 8.96. The molecule has 0 fully saturated rings. The number of amides is 1. The van der Waals surface area contributed by atoms with E-state index in [-0.39, 0.29) is 16.3 Å². The van der Waals surface area contributed by atoms with Crippen LogP contribution >= 0.6 is 11.3 Å². The number of rotatable bonds is 3. The summed E-state index contributed by atoms with van der Waals surface area (Å²) in [5.74, 6) is -1.13. The van der Waals surface area contributed by atoms with Gasteiger partial charge in [-0.1, -0.05) is 25.1 Å². The predicted molar refractivity (Wildman–Crippen MR) is 112 cm³/mol. The third kappa shape index (κ3) is 2.74. The van der Waals surface area contributed by atoms with E-state index in [4.69, 9.17) is 0 Å². The van der Waals surface area contributed by atoms with Gasteiger partial charge in [-0.2, -0.15) is 0 Å². The molecule has 2 N–H and O–H groups in total. The van der Waals surface area contributed by atoms with E-state index in [1.54, 1.807) is 35.9 Å². The molecular weight excluding hydrogens is 412 g/mol. The van der Waals surface area contributed by atoms with Crippen molar-refractivity contribution in [2.75, 3.05) is 12.4 Å². The van der Waals surface area contributed by atoms with Crippen LogP contribution in [-0.4, -0.2) is 40.3 Å². The van der Waals surface area contributed by atoms with Crippen LogP contribution < -0.4 is 5.32 Å². The van der Waals surface area contributed by atoms with E-state index < -0.39 is 21.7 Å². The minimum atomic E-state index is -4.04. The van der Waals surface area contributed by atoms with Crippen molar-refractivity contribution in [2.45, 2.75) is 25.2 Å². The highest BCUT2D eigenvalue weighted by atomic mass is 32.2. The van der Waals surface area contributed by atoms with Gasteiger partial charge in [0, 0.05) is 29.9 Å². The van der Waals surface area contributed by atoms with Crippen LogP contribution in [0, 0.1) is 6.92 Å². The van der Waals surface area contributed by atoms with Crippen LogP contribution in [0.4, 0.5) is 5.13 Å². The van der Waals surface area contributed by atoms with E-state index in [2.05, 4.69) is 10.3 Å². The smallest absolute Gasteiger partial charge is 0.278 e. The van der Waals surface area contributed by atoms with Gasteiger partial charge < -0.3 is 9.67 Å². The number of aliphatic hydroxyl groups excluding tert-OH is 1. The zero-order valence-corrected chi connectivity index (χ0v) is 18.0. The average Bonchev–Trinajstić information content (AvgIpc) is 3.18. The fourth-order valence-electron chi connectivity index (χ4n) is 3.62. The third-order valence-corrected chi connectivity index (χ3v) is 7.87. The molecule has 4 rings (SSSR count). The predicted octanol–water partition coefficient (Wildman–Crippen LogP) is 3.01. The molecule has 3 heterocycles. The lowest BCUT2D eigenvalue weighted by molar-refractivity contribution is -0.113. The maximum atomic E-state index is 13.2. The first-order valence-corrected chi connectivity index (χ1v) is 11.2. The van der Waals surface area contributed by atoms with Gasteiger partial charge in [0.25, 0.3) is 15.9 Å². The van der Waals surface area contributed by atoms with Crippen LogP contribution in [0.15, 0.2) is 34.9 Å². The first kappa shape index (κ1) is 19.5. The summed E-state index contributed by atoms with van der Waals surface area (Å²) in [7, 11) is -1.12. The molecule has 0 radical (unpaired) electrons. The molecule has 3 aromatic rings. The van der Waals surface area contributed by atoms with Gasteiger partial charge in [-0.3, -0.25) is 14.4 Å². The first-order chi connectivity index (χ1) is 13.7. The molecule has 1 aromatic carbocycles. The molecule has 8 nitrogen and oxygen atoms in total. The number of anilines is 1. The molecule has 152 valence electrons. The summed E-state index contributed by atoms with van der Waals surface area (Å²) in [6.07, 6.45) is 0.722. The summed E-state index contributed by atoms with van der Waals surface area (Å²) >= 11 is 1.31. The number of aryl methyl sites for hydroxylation is 3. The van der Waals surface area contributed by atoms with Gasteiger partial charge >= 0.3 is 0 Å². The number of nitrogens with zero attached hydrogens (tertiary/aromatic N) is 3. The van der Waals surface area contributed by atoms with E-state index in [1.165, 1.54) is 18.4 Å². The molecular formula is C19H20N4O4S2. The highest BCUT2D eigenvalue weighted by Gasteiger charge is 2.41. The number of fused-ring (bicyclic) bond motifs is 3. The molecule has 0 saturated carbocycles. The quantitative estimate of drug-likeness (QED) is 0.662. The van der Waals surface area contributed by atoms with Crippen LogP contribution in [0.25, 0.3) is 16.7 Å². The van der Waals surface area contributed by atoms with Gasteiger partial charge in [0.15, 0.2) is 16.6 Å². The van der Waals surface area contributed by atoms with Crippen LogP contribution in [0.2, 0.25) is 0 Å². The molecule has 10 heteroatoms. The summed E-state index contributed by atoms with van der Waals surface area (Å²) in [5, 5.41) is 14.4. The van der Waals surface area contributed by atoms with E-state index in [9.17, 15) is 18.3 Å². The van der Waals surface area contributed by atoms with Gasteiger partial charge in [-0.25, -0.2) is 13.4 Å². The molecule has 0 spiro atoms. The van der Waals surface area contributed by atoms with Crippen LogP contribution in [0.5, 0.6) is 0 Å². The Labute approximate surface area is 172 Å². The van der Waals surface area contributed by atoms with Gasteiger partial charge in [0.2, 0.25) is 0 Å². The number of carbonyl (C=O) groups excluding carboxylic acids is 1. The number of sulfonamides is 1. The van der Waals surface area contributed by atoms with Gasteiger partial charge in [0.05, 0.1) is 5.69 Å². The second-order valence-electron chi connectivity index (χ2n) is 6.75. The van der Waals surface area contributed by atoms with Crippen molar-refractivity contribution in [3.05, 3.63) is 46.2 Å². The maximum Gasteiger partial charge on any atom is 0.278 e. The van der Waals surface area contributed by atoms with Gasteiger partial charge in [0.1, 0.15) is 10.6 Å². The standard InChI is InChI=1S/C19H20N4O4S2/c1-5-12-10(2)28-19(20-12)21-18(25)15-16(24)14-17(29(26,27)23(15)4)11-8-6-7-9-13(11)22(14)3/h6-9,24H,5H2,1-4H3,(H,20,21,25). The molecule has 0 unspecified atom stereocenters. The highest BCUT2D eigenvalue weighted by molar-refractivity contribution is 7.89. The Balaban J connectivity index is 1.88. The van der Waals surface area contributed by atoms with Crippen molar-refractivity contribution in [1.29, 1.82) is 0 Å². The summed E-state index contributed by atoms with van der Waals surface area (Å²) < 4.78 is 28.9. The summed E-state index contributed by atoms with van der Waals surface area (Å²) in [6, 6.07) is 6.97. The van der Waals surface area contributed by atoms with E-state index in [0.717, 1.165) is 21.3 Å². The number of para-hydroxylation sites is 1. The zero-order valence-electron chi connectivity index (χ0n) is 16.3. The van der Waals surface area contributed by atoms with Crippen molar-refractivity contribution in [2.24, 2.45) is 7.05 Å². The largest absolute Gasteiger partial charge is 0.504 e. The molecule has 1 aliphatic rings. The number of hydrogen-bond donors (Lipinski definition) is 2. The zero-order chi connectivity index (χ0) is 21.1. The Hall–Kier alpha value is -2.85. The fraction of sp³-hybridized carbons (Fsp3) is 0.263. The number of aromatic nitrogens is 2. The summed E-state index contributed by atoms with van der Waals surface area (Å²) in [4.78, 5) is 18.3. The number of aliphatic hydroxyl groups is 1. The number of hydrogen-bond acceptors (Lipinski definition) is 6. The SMILES string of the molecule is CCc1nc(NC(=O)C2=C(O)c3c(c4ccccc4n3C)S(=O)(=O)N2C)sc1C. The lowest BCUT2D eigenvalue weighted by Crippen LogP contribution is -2.37. The Morgan fingerprint density at radius 3 is 2.62 bits per heavy atom. The molecule has 2 aromatic heterocycles. The molecule has 1 aliphatic heterocycles. The molecule has 1 amide bonds. The molecule has 0 aliphatic carbocycles. The highest BCUT2D eigenvalue weighted by Crippen LogP contribution is 2.41.